The number of nitrogens with one attached hydrogen (secondary N) is 1. The first kappa shape index (κ1) is 14.5. The normalized spacial score (nSPS) is 14.2. The van der Waals surface area contributed by atoms with Crippen molar-refractivity contribution in [2.24, 2.45) is 0 Å². The maximum absolute atomic E-state index is 6.26. The molecule has 1 unspecified atom stereocenters. The number of hydrogen-bond acceptors (Lipinski definition) is 3. The first-order valence-corrected chi connectivity index (χ1v) is 8.24. The lowest BCUT2D eigenvalue weighted by Gasteiger charge is -2.21. The van der Waals surface area contributed by atoms with Crippen LogP contribution in [-0.4, -0.2) is 4.98 Å². The van der Waals surface area contributed by atoms with Crippen LogP contribution in [0.4, 0.5) is 0 Å². The van der Waals surface area contributed by atoms with E-state index in [9.17, 15) is 0 Å². The van der Waals surface area contributed by atoms with Crippen LogP contribution in [0, 0.1) is 0 Å². The smallest absolute Gasteiger partial charge is 0.0809 e. The van der Waals surface area contributed by atoms with Gasteiger partial charge in [0.05, 0.1) is 10.2 Å². The molecule has 0 bridgehead atoms. The van der Waals surface area contributed by atoms with Crippen molar-refractivity contribution in [3.05, 3.63) is 64.1 Å². The van der Waals surface area contributed by atoms with Gasteiger partial charge in [-0.05, 0) is 48.6 Å². The van der Waals surface area contributed by atoms with Gasteiger partial charge in [-0.2, -0.15) is 0 Å². The highest BCUT2D eigenvalue weighted by atomic mass is 35.5. The summed E-state index contributed by atoms with van der Waals surface area (Å²) >= 11 is 7.99. The third-order valence-corrected chi connectivity index (χ3v) is 4.89. The van der Waals surface area contributed by atoms with Gasteiger partial charge in [0.2, 0.25) is 0 Å². The average Bonchev–Trinajstić information content (AvgIpc) is 2.94. The molecular weight excluding hydrogens is 300 g/mol. The lowest BCUT2D eigenvalue weighted by Crippen LogP contribution is -2.22. The Balaban J connectivity index is 1.79. The number of hydrogen-bond donors (Lipinski definition) is 1. The van der Waals surface area contributed by atoms with Crippen molar-refractivity contribution in [3.63, 3.8) is 0 Å². The molecule has 21 heavy (non-hydrogen) atoms. The van der Waals surface area contributed by atoms with E-state index < -0.39 is 0 Å². The molecule has 4 heteroatoms. The molecule has 0 aliphatic heterocycles. The Morgan fingerprint density at radius 3 is 2.76 bits per heavy atom. The molecule has 0 spiro atoms. The van der Waals surface area contributed by atoms with Gasteiger partial charge in [-0.1, -0.05) is 29.8 Å². The van der Waals surface area contributed by atoms with Gasteiger partial charge < -0.3 is 5.32 Å². The Kier molecular flexibility index (Phi) is 4.24. The summed E-state index contributed by atoms with van der Waals surface area (Å²) in [6.45, 7) is 4.29. The molecule has 1 N–H and O–H groups in total. The highest BCUT2D eigenvalue weighted by molar-refractivity contribution is 7.17. The van der Waals surface area contributed by atoms with Crippen LogP contribution in [0.25, 0.3) is 10.2 Å². The zero-order valence-electron chi connectivity index (χ0n) is 12.0. The van der Waals surface area contributed by atoms with Crippen LogP contribution in [0.1, 0.15) is 37.1 Å². The summed E-state index contributed by atoms with van der Waals surface area (Å²) in [5.74, 6) is 0. The van der Waals surface area contributed by atoms with E-state index in [4.69, 9.17) is 11.6 Å². The number of aromatic nitrogens is 1. The quantitative estimate of drug-likeness (QED) is 0.700. The van der Waals surface area contributed by atoms with E-state index in [0.717, 1.165) is 16.1 Å². The average molecular weight is 317 g/mol. The summed E-state index contributed by atoms with van der Waals surface area (Å²) in [4.78, 5) is 4.50. The fraction of sp³-hybridized carbons (Fsp3) is 0.235. The summed E-state index contributed by atoms with van der Waals surface area (Å²) in [5.41, 5.74) is 3.38. The van der Waals surface area contributed by atoms with E-state index in [1.165, 1.54) is 10.3 Å². The highest BCUT2D eigenvalue weighted by Crippen LogP contribution is 2.27. The number of nitrogens with zero attached hydrogens (tertiary/aromatic N) is 1. The van der Waals surface area contributed by atoms with E-state index in [-0.39, 0.29) is 12.1 Å². The van der Waals surface area contributed by atoms with Gasteiger partial charge in [-0.25, -0.2) is 0 Å². The first-order chi connectivity index (χ1) is 10.1. The lowest BCUT2D eigenvalue weighted by molar-refractivity contribution is 0.494. The summed E-state index contributed by atoms with van der Waals surface area (Å²) in [7, 11) is 0. The summed E-state index contributed by atoms with van der Waals surface area (Å²) in [6, 6.07) is 12.6. The molecule has 0 saturated carbocycles. The largest absolute Gasteiger partial charge is 0.304 e. The standard InChI is InChI=1S/C17H17ClN2S/c1-11(13-9-17-16(19-10-13)7-8-21-17)20-12(2)14-5-3-4-6-15(14)18/h3-12,20H,1-2H3/t11?,12-/m0/s1. The summed E-state index contributed by atoms with van der Waals surface area (Å²) in [5, 5.41) is 6.47. The van der Waals surface area contributed by atoms with Crippen LogP contribution in [0.15, 0.2) is 48.0 Å². The molecule has 0 aliphatic rings. The molecule has 2 aromatic heterocycles. The van der Waals surface area contributed by atoms with E-state index in [0.29, 0.717) is 0 Å². The maximum Gasteiger partial charge on any atom is 0.0809 e. The number of rotatable bonds is 4. The van der Waals surface area contributed by atoms with Gasteiger partial charge in [-0.15, -0.1) is 11.3 Å². The van der Waals surface area contributed by atoms with Gasteiger partial charge in [0, 0.05) is 23.3 Å². The highest BCUT2D eigenvalue weighted by Gasteiger charge is 2.14. The monoisotopic (exact) mass is 316 g/mol. The van der Waals surface area contributed by atoms with Crippen LogP contribution in [-0.2, 0) is 0 Å². The molecular formula is C17H17ClN2S. The van der Waals surface area contributed by atoms with Gasteiger partial charge in [-0.3, -0.25) is 4.98 Å². The predicted molar refractivity (Wildman–Crippen MR) is 91.0 cm³/mol. The van der Waals surface area contributed by atoms with Crippen molar-refractivity contribution < 1.29 is 0 Å². The van der Waals surface area contributed by atoms with E-state index in [2.05, 4.69) is 41.7 Å². The van der Waals surface area contributed by atoms with Crippen molar-refractivity contribution in [2.45, 2.75) is 25.9 Å². The molecule has 108 valence electrons. The van der Waals surface area contributed by atoms with E-state index in [1.807, 2.05) is 30.5 Å². The predicted octanol–water partition coefficient (Wildman–Crippen LogP) is 5.36. The van der Waals surface area contributed by atoms with Crippen molar-refractivity contribution in [1.82, 2.24) is 10.3 Å². The van der Waals surface area contributed by atoms with Crippen molar-refractivity contribution in [3.8, 4) is 0 Å². The van der Waals surface area contributed by atoms with Gasteiger partial charge in [0.25, 0.3) is 0 Å². The third-order valence-electron chi connectivity index (χ3n) is 3.70. The molecule has 0 aliphatic carbocycles. The summed E-state index contributed by atoms with van der Waals surface area (Å²) in [6.07, 6.45) is 1.95. The maximum atomic E-state index is 6.26. The van der Waals surface area contributed by atoms with Gasteiger partial charge >= 0.3 is 0 Å². The van der Waals surface area contributed by atoms with E-state index in [1.54, 1.807) is 11.3 Å². The Bertz CT molecular complexity index is 753. The minimum atomic E-state index is 0.188. The van der Waals surface area contributed by atoms with Crippen LogP contribution in [0.2, 0.25) is 5.02 Å². The Hall–Kier alpha value is -1.42. The van der Waals surface area contributed by atoms with Crippen LogP contribution in [0.3, 0.4) is 0 Å². The Morgan fingerprint density at radius 1 is 1.14 bits per heavy atom. The molecule has 0 fully saturated rings. The molecule has 3 rings (SSSR count). The van der Waals surface area contributed by atoms with Crippen molar-refractivity contribution in [2.75, 3.05) is 0 Å². The van der Waals surface area contributed by atoms with Crippen LogP contribution in [0.5, 0.6) is 0 Å². The lowest BCUT2D eigenvalue weighted by atomic mass is 10.1. The molecule has 2 atom stereocenters. The zero-order chi connectivity index (χ0) is 14.8. The number of thiophene rings is 1. The second-order valence-electron chi connectivity index (χ2n) is 5.20. The van der Waals surface area contributed by atoms with Crippen LogP contribution < -0.4 is 5.32 Å². The molecule has 0 radical (unpaired) electrons. The fourth-order valence-corrected chi connectivity index (χ4v) is 3.57. The van der Waals surface area contributed by atoms with Crippen molar-refractivity contribution >= 4 is 33.2 Å². The van der Waals surface area contributed by atoms with Gasteiger partial charge in [0.15, 0.2) is 0 Å². The molecule has 0 amide bonds. The van der Waals surface area contributed by atoms with Gasteiger partial charge in [0.1, 0.15) is 0 Å². The fourth-order valence-electron chi connectivity index (χ4n) is 2.49. The van der Waals surface area contributed by atoms with Crippen LogP contribution >= 0.6 is 22.9 Å². The minimum Gasteiger partial charge on any atom is -0.304 e. The molecule has 2 heterocycles. The number of pyridine rings is 1. The molecule has 0 saturated heterocycles. The number of halogens is 1. The molecule has 1 aromatic carbocycles. The van der Waals surface area contributed by atoms with E-state index >= 15 is 0 Å². The molecule has 2 nitrogen and oxygen atoms in total. The zero-order valence-corrected chi connectivity index (χ0v) is 13.6. The summed E-state index contributed by atoms with van der Waals surface area (Å²) < 4.78 is 1.23. The SMILES string of the molecule is CC(N[C@@H](C)c1ccccc1Cl)c1cnc2ccsc2c1. The Labute approximate surface area is 133 Å². The molecule has 3 aromatic rings. The Morgan fingerprint density at radius 2 is 1.95 bits per heavy atom. The third kappa shape index (κ3) is 3.10. The van der Waals surface area contributed by atoms with Crippen molar-refractivity contribution in [1.29, 1.82) is 0 Å². The number of benzene rings is 1. The first-order valence-electron chi connectivity index (χ1n) is 6.99. The topological polar surface area (TPSA) is 24.9 Å². The second kappa shape index (κ2) is 6.14. The number of fused-ring (bicyclic) bond motifs is 1. The second-order valence-corrected chi connectivity index (χ2v) is 6.56. The minimum absolute atomic E-state index is 0.188.